The number of carbonyl (C=O) groups excluding carboxylic acids is 1. The molecular formula is C16H14O2S. The second-order valence-corrected chi connectivity index (χ2v) is 5.77. The van der Waals surface area contributed by atoms with Gasteiger partial charge in [0.1, 0.15) is 11.4 Å². The third-order valence-corrected chi connectivity index (χ3v) is 4.36. The topological polar surface area (TPSA) is 26.3 Å². The maximum Gasteiger partial charge on any atom is 0.320 e. The fraction of sp³-hybridized carbons (Fsp3) is 0.188. The molecule has 2 aromatic rings. The van der Waals surface area contributed by atoms with Gasteiger partial charge in [-0.25, -0.2) is 0 Å². The molecule has 0 saturated carbocycles. The first-order valence-electron chi connectivity index (χ1n) is 6.30. The number of hydrogen-bond donors (Lipinski definition) is 0. The van der Waals surface area contributed by atoms with E-state index in [1.54, 1.807) is 11.8 Å². The number of benzene rings is 2. The number of ether oxygens (including phenoxy) is 1. The second-order valence-electron chi connectivity index (χ2n) is 4.49. The standard InChI is InChI=1S/C16H14O2S/c17-16-15(19-13-9-5-2-6-10-13)11-14(18-16)12-7-3-1-4-8-12/h1-10,14-15H,11H2/t14-,15-/m0/s1. The molecule has 3 heteroatoms. The summed E-state index contributed by atoms with van der Waals surface area (Å²) in [7, 11) is 0. The van der Waals surface area contributed by atoms with Crippen molar-refractivity contribution in [2.45, 2.75) is 22.7 Å². The fourth-order valence-electron chi connectivity index (χ4n) is 2.19. The van der Waals surface area contributed by atoms with E-state index in [2.05, 4.69) is 0 Å². The Hall–Kier alpha value is -1.74. The molecule has 1 aliphatic rings. The van der Waals surface area contributed by atoms with E-state index in [4.69, 9.17) is 4.74 Å². The first-order chi connectivity index (χ1) is 9.33. The molecule has 2 aromatic carbocycles. The van der Waals surface area contributed by atoms with Crippen LogP contribution in [0.25, 0.3) is 0 Å². The Labute approximate surface area is 116 Å². The molecular weight excluding hydrogens is 256 g/mol. The molecule has 0 aromatic heterocycles. The van der Waals surface area contributed by atoms with Gasteiger partial charge in [0.15, 0.2) is 0 Å². The lowest BCUT2D eigenvalue weighted by molar-refractivity contribution is -0.141. The molecule has 0 radical (unpaired) electrons. The maximum atomic E-state index is 11.9. The predicted octanol–water partition coefficient (Wildman–Crippen LogP) is 3.84. The zero-order chi connectivity index (χ0) is 13.1. The minimum Gasteiger partial charge on any atom is -0.457 e. The summed E-state index contributed by atoms with van der Waals surface area (Å²) in [6.45, 7) is 0. The smallest absolute Gasteiger partial charge is 0.320 e. The van der Waals surface area contributed by atoms with Gasteiger partial charge in [-0.15, -0.1) is 11.8 Å². The number of carbonyl (C=O) groups is 1. The number of cyclic esters (lactones) is 1. The maximum absolute atomic E-state index is 11.9. The van der Waals surface area contributed by atoms with Crippen LogP contribution in [0, 0.1) is 0 Å². The zero-order valence-corrected chi connectivity index (χ0v) is 11.2. The normalized spacial score (nSPS) is 22.2. The molecule has 1 fully saturated rings. The van der Waals surface area contributed by atoms with Gasteiger partial charge in [0.2, 0.25) is 0 Å². The average molecular weight is 270 g/mol. The molecule has 3 rings (SSSR count). The van der Waals surface area contributed by atoms with Gasteiger partial charge >= 0.3 is 5.97 Å². The number of hydrogen-bond acceptors (Lipinski definition) is 3. The summed E-state index contributed by atoms with van der Waals surface area (Å²) in [5.74, 6) is -0.109. The van der Waals surface area contributed by atoms with E-state index in [1.165, 1.54) is 0 Å². The lowest BCUT2D eigenvalue weighted by Crippen LogP contribution is -2.08. The van der Waals surface area contributed by atoms with Gasteiger partial charge in [0.25, 0.3) is 0 Å². The van der Waals surface area contributed by atoms with Crippen molar-refractivity contribution in [1.29, 1.82) is 0 Å². The van der Waals surface area contributed by atoms with Crippen LogP contribution in [0.1, 0.15) is 18.1 Å². The first kappa shape index (κ1) is 12.3. The highest BCUT2D eigenvalue weighted by atomic mass is 32.2. The van der Waals surface area contributed by atoms with Crippen LogP contribution in [0.3, 0.4) is 0 Å². The van der Waals surface area contributed by atoms with E-state index >= 15 is 0 Å². The molecule has 2 nitrogen and oxygen atoms in total. The molecule has 0 amide bonds. The van der Waals surface area contributed by atoms with Crippen LogP contribution in [-0.2, 0) is 9.53 Å². The molecule has 2 atom stereocenters. The van der Waals surface area contributed by atoms with E-state index in [0.29, 0.717) is 0 Å². The van der Waals surface area contributed by atoms with Gasteiger partial charge in [-0.1, -0.05) is 48.5 Å². The Balaban J connectivity index is 1.71. The van der Waals surface area contributed by atoms with Crippen LogP contribution in [0.2, 0.25) is 0 Å². The van der Waals surface area contributed by atoms with E-state index < -0.39 is 0 Å². The van der Waals surface area contributed by atoms with Crippen LogP contribution in [0.15, 0.2) is 65.6 Å². The van der Waals surface area contributed by atoms with Crippen LogP contribution in [0.4, 0.5) is 0 Å². The largest absolute Gasteiger partial charge is 0.457 e. The van der Waals surface area contributed by atoms with Crippen molar-refractivity contribution in [1.82, 2.24) is 0 Å². The quantitative estimate of drug-likeness (QED) is 0.793. The molecule has 1 saturated heterocycles. The molecule has 0 aliphatic carbocycles. The van der Waals surface area contributed by atoms with Gasteiger partial charge in [-0.2, -0.15) is 0 Å². The summed E-state index contributed by atoms with van der Waals surface area (Å²) in [4.78, 5) is 13.0. The predicted molar refractivity (Wildman–Crippen MR) is 76.0 cm³/mol. The minimum atomic E-state index is -0.109. The van der Waals surface area contributed by atoms with Crippen molar-refractivity contribution in [3.63, 3.8) is 0 Å². The van der Waals surface area contributed by atoms with Crippen LogP contribution in [0.5, 0.6) is 0 Å². The minimum absolute atomic E-state index is 0.102. The van der Waals surface area contributed by atoms with Gasteiger partial charge < -0.3 is 4.74 Å². The average Bonchev–Trinajstić information content (AvgIpc) is 2.82. The van der Waals surface area contributed by atoms with Crippen molar-refractivity contribution in [2.24, 2.45) is 0 Å². The highest BCUT2D eigenvalue weighted by Crippen LogP contribution is 2.38. The van der Waals surface area contributed by atoms with E-state index in [1.807, 2.05) is 60.7 Å². The summed E-state index contributed by atoms with van der Waals surface area (Å²) in [5, 5.41) is -0.104. The van der Waals surface area contributed by atoms with E-state index in [9.17, 15) is 4.79 Å². The van der Waals surface area contributed by atoms with Crippen molar-refractivity contribution >= 4 is 17.7 Å². The Bertz CT molecular complexity index is 553. The van der Waals surface area contributed by atoms with Crippen LogP contribution >= 0.6 is 11.8 Å². The molecule has 0 spiro atoms. The van der Waals surface area contributed by atoms with Crippen molar-refractivity contribution in [2.75, 3.05) is 0 Å². The highest BCUT2D eigenvalue weighted by molar-refractivity contribution is 8.00. The molecule has 0 N–H and O–H groups in total. The molecule has 0 unspecified atom stereocenters. The molecule has 1 aliphatic heterocycles. The lowest BCUT2D eigenvalue weighted by atomic mass is 10.1. The van der Waals surface area contributed by atoms with Gasteiger partial charge in [0, 0.05) is 11.3 Å². The monoisotopic (exact) mass is 270 g/mol. The van der Waals surface area contributed by atoms with E-state index in [0.717, 1.165) is 16.9 Å². The van der Waals surface area contributed by atoms with Crippen molar-refractivity contribution < 1.29 is 9.53 Å². The number of rotatable bonds is 3. The molecule has 1 heterocycles. The lowest BCUT2D eigenvalue weighted by Gasteiger charge is -2.08. The van der Waals surface area contributed by atoms with Crippen molar-refractivity contribution in [3.8, 4) is 0 Å². The Morgan fingerprint density at radius 2 is 1.58 bits per heavy atom. The Morgan fingerprint density at radius 3 is 2.26 bits per heavy atom. The summed E-state index contributed by atoms with van der Waals surface area (Å²) < 4.78 is 5.47. The Morgan fingerprint density at radius 1 is 0.947 bits per heavy atom. The molecule has 96 valence electrons. The van der Waals surface area contributed by atoms with Crippen LogP contribution < -0.4 is 0 Å². The van der Waals surface area contributed by atoms with Crippen LogP contribution in [-0.4, -0.2) is 11.2 Å². The SMILES string of the molecule is O=C1O[C@H](c2ccccc2)C[C@@H]1Sc1ccccc1. The third-order valence-electron chi connectivity index (χ3n) is 3.14. The van der Waals surface area contributed by atoms with E-state index in [-0.39, 0.29) is 17.3 Å². The zero-order valence-electron chi connectivity index (χ0n) is 10.4. The number of thioether (sulfide) groups is 1. The number of esters is 1. The summed E-state index contributed by atoms with van der Waals surface area (Å²) >= 11 is 1.58. The third kappa shape index (κ3) is 2.82. The molecule has 19 heavy (non-hydrogen) atoms. The molecule has 0 bridgehead atoms. The highest BCUT2D eigenvalue weighted by Gasteiger charge is 2.35. The van der Waals surface area contributed by atoms with Crippen molar-refractivity contribution in [3.05, 3.63) is 66.2 Å². The summed E-state index contributed by atoms with van der Waals surface area (Å²) in [6.07, 6.45) is 0.637. The second kappa shape index (κ2) is 5.49. The van der Waals surface area contributed by atoms with Gasteiger partial charge in [-0.05, 0) is 17.7 Å². The summed E-state index contributed by atoms with van der Waals surface area (Å²) in [6, 6.07) is 19.9. The van der Waals surface area contributed by atoms with Gasteiger partial charge in [0.05, 0.1) is 0 Å². The summed E-state index contributed by atoms with van der Waals surface area (Å²) in [5.41, 5.74) is 1.08. The Kier molecular flexibility index (Phi) is 3.56. The fourth-order valence-corrected chi connectivity index (χ4v) is 3.25. The first-order valence-corrected chi connectivity index (χ1v) is 7.18. The van der Waals surface area contributed by atoms with Gasteiger partial charge in [-0.3, -0.25) is 4.79 Å².